The number of nitro groups is 1. The third-order valence-corrected chi connectivity index (χ3v) is 3.69. The Morgan fingerprint density at radius 2 is 2.26 bits per heavy atom. The number of benzene rings is 1. The van der Waals surface area contributed by atoms with Crippen LogP contribution in [0.2, 0.25) is 0 Å². The Balaban J connectivity index is 1.86. The molecule has 0 aliphatic carbocycles. The second kappa shape index (κ2) is 4.66. The van der Waals surface area contributed by atoms with Crippen molar-refractivity contribution in [2.45, 2.75) is 38.5 Å². The molecular formula is C14H16N2O3. The van der Waals surface area contributed by atoms with E-state index in [0.29, 0.717) is 6.10 Å². The van der Waals surface area contributed by atoms with Crippen LogP contribution in [0, 0.1) is 10.1 Å². The first-order valence-corrected chi connectivity index (χ1v) is 6.52. The topological polar surface area (TPSA) is 57.3 Å². The number of nitrogens with zero attached hydrogens (tertiary/aromatic N) is 2. The van der Waals surface area contributed by atoms with E-state index in [2.05, 4.69) is 11.5 Å². The third kappa shape index (κ3) is 2.33. The van der Waals surface area contributed by atoms with E-state index in [1.54, 1.807) is 12.1 Å². The van der Waals surface area contributed by atoms with E-state index in [4.69, 9.17) is 4.74 Å². The van der Waals surface area contributed by atoms with Gasteiger partial charge < -0.3 is 9.30 Å². The number of nitro benzene ring substituents is 1. The summed E-state index contributed by atoms with van der Waals surface area (Å²) in [6.45, 7) is 2.91. The summed E-state index contributed by atoms with van der Waals surface area (Å²) < 4.78 is 7.93. The number of hydrogen-bond donors (Lipinski definition) is 0. The Labute approximate surface area is 110 Å². The third-order valence-electron chi connectivity index (χ3n) is 3.69. The van der Waals surface area contributed by atoms with Gasteiger partial charge in [-0.05, 0) is 31.9 Å². The number of aromatic nitrogens is 1. The molecule has 0 spiro atoms. The van der Waals surface area contributed by atoms with Crippen LogP contribution in [0.25, 0.3) is 10.9 Å². The van der Waals surface area contributed by atoms with Gasteiger partial charge in [0.05, 0.1) is 17.1 Å². The van der Waals surface area contributed by atoms with E-state index in [-0.39, 0.29) is 16.7 Å². The molecule has 5 heteroatoms. The highest BCUT2D eigenvalue weighted by Crippen LogP contribution is 2.25. The van der Waals surface area contributed by atoms with Crippen LogP contribution in [0.15, 0.2) is 30.5 Å². The van der Waals surface area contributed by atoms with E-state index in [9.17, 15) is 10.1 Å². The van der Waals surface area contributed by atoms with Crippen molar-refractivity contribution in [1.82, 2.24) is 4.57 Å². The molecule has 1 fully saturated rings. The van der Waals surface area contributed by atoms with Crippen molar-refractivity contribution in [2.24, 2.45) is 0 Å². The average Bonchev–Trinajstić information content (AvgIpc) is 2.96. The zero-order chi connectivity index (χ0) is 13.4. The Kier molecular flexibility index (Phi) is 2.98. The summed E-state index contributed by atoms with van der Waals surface area (Å²) in [4.78, 5) is 10.4. The second-order valence-corrected chi connectivity index (χ2v) is 5.11. The number of non-ortho nitro benzene ring substituents is 1. The molecule has 1 aliphatic heterocycles. The predicted octanol–water partition coefficient (Wildman–Crippen LogP) is 3.12. The van der Waals surface area contributed by atoms with Crippen LogP contribution in [0.1, 0.15) is 19.8 Å². The maximum absolute atomic E-state index is 10.7. The SMILES string of the molecule is CC1CCC(Cn2ccc3cc([N+](=O)[O-])ccc32)O1. The smallest absolute Gasteiger partial charge is 0.270 e. The number of fused-ring (bicyclic) bond motifs is 1. The van der Waals surface area contributed by atoms with Gasteiger partial charge in [-0.1, -0.05) is 0 Å². The van der Waals surface area contributed by atoms with Crippen LogP contribution >= 0.6 is 0 Å². The molecule has 1 saturated heterocycles. The van der Waals surface area contributed by atoms with Crippen molar-refractivity contribution in [1.29, 1.82) is 0 Å². The van der Waals surface area contributed by atoms with Crippen LogP contribution in [0.5, 0.6) is 0 Å². The highest BCUT2D eigenvalue weighted by atomic mass is 16.6. The van der Waals surface area contributed by atoms with Crippen LogP contribution in [0.4, 0.5) is 5.69 Å². The van der Waals surface area contributed by atoms with Crippen molar-refractivity contribution < 1.29 is 9.66 Å². The van der Waals surface area contributed by atoms with E-state index in [1.165, 1.54) is 0 Å². The van der Waals surface area contributed by atoms with Crippen molar-refractivity contribution in [3.8, 4) is 0 Å². The molecule has 2 unspecified atom stereocenters. The fraction of sp³-hybridized carbons (Fsp3) is 0.429. The highest BCUT2D eigenvalue weighted by molar-refractivity contribution is 5.82. The van der Waals surface area contributed by atoms with Gasteiger partial charge in [0.1, 0.15) is 0 Å². The van der Waals surface area contributed by atoms with Gasteiger partial charge in [0.25, 0.3) is 5.69 Å². The molecule has 1 aliphatic rings. The molecule has 2 atom stereocenters. The summed E-state index contributed by atoms with van der Waals surface area (Å²) in [5.74, 6) is 0. The van der Waals surface area contributed by atoms with Gasteiger partial charge in [-0.15, -0.1) is 0 Å². The average molecular weight is 260 g/mol. The molecule has 2 aromatic rings. The van der Waals surface area contributed by atoms with E-state index < -0.39 is 0 Å². The molecule has 0 radical (unpaired) electrons. The maximum atomic E-state index is 10.7. The van der Waals surface area contributed by atoms with Gasteiger partial charge in [0.2, 0.25) is 0 Å². The monoisotopic (exact) mass is 260 g/mol. The molecule has 3 rings (SSSR count). The maximum Gasteiger partial charge on any atom is 0.270 e. The minimum absolute atomic E-state index is 0.135. The van der Waals surface area contributed by atoms with Gasteiger partial charge in [-0.2, -0.15) is 0 Å². The molecule has 100 valence electrons. The summed E-state index contributed by atoms with van der Waals surface area (Å²) in [6, 6.07) is 6.90. The summed E-state index contributed by atoms with van der Waals surface area (Å²) in [5, 5.41) is 11.6. The Morgan fingerprint density at radius 3 is 2.95 bits per heavy atom. The van der Waals surface area contributed by atoms with Crippen molar-refractivity contribution in [3.05, 3.63) is 40.6 Å². The first kappa shape index (κ1) is 12.2. The zero-order valence-corrected chi connectivity index (χ0v) is 10.8. The summed E-state index contributed by atoms with van der Waals surface area (Å²) >= 11 is 0. The summed E-state index contributed by atoms with van der Waals surface area (Å²) in [6.07, 6.45) is 4.75. The number of hydrogen-bond acceptors (Lipinski definition) is 3. The van der Waals surface area contributed by atoms with Crippen molar-refractivity contribution >= 4 is 16.6 Å². The van der Waals surface area contributed by atoms with Crippen LogP contribution in [-0.4, -0.2) is 21.7 Å². The zero-order valence-electron chi connectivity index (χ0n) is 10.8. The fourth-order valence-electron chi connectivity index (χ4n) is 2.70. The molecule has 5 nitrogen and oxygen atoms in total. The molecule has 1 aromatic heterocycles. The largest absolute Gasteiger partial charge is 0.373 e. The van der Waals surface area contributed by atoms with Gasteiger partial charge in [0, 0.05) is 35.8 Å². The molecular weight excluding hydrogens is 244 g/mol. The first-order valence-electron chi connectivity index (χ1n) is 6.52. The first-order chi connectivity index (χ1) is 9.13. The van der Waals surface area contributed by atoms with E-state index in [0.717, 1.165) is 30.3 Å². The molecule has 0 amide bonds. The molecule has 1 aromatic carbocycles. The molecule has 19 heavy (non-hydrogen) atoms. The lowest BCUT2D eigenvalue weighted by molar-refractivity contribution is -0.384. The Morgan fingerprint density at radius 1 is 1.42 bits per heavy atom. The molecule has 0 bridgehead atoms. The standard InChI is InChI=1S/C14H16N2O3/c1-10-2-4-13(19-10)9-15-7-6-11-8-12(16(17)18)3-5-14(11)15/h3,5-8,10,13H,2,4,9H2,1H3. The second-order valence-electron chi connectivity index (χ2n) is 5.11. The van der Waals surface area contributed by atoms with Gasteiger partial charge in [-0.3, -0.25) is 10.1 Å². The molecule has 0 N–H and O–H groups in total. The lowest BCUT2D eigenvalue weighted by Crippen LogP contribution is -2.15. The van der Waals surface area contributed by atoms with Gasteiger partial charge in [-0.25, -0.2) is 0 Å². The van der Waals surface area contributed by atoms with Gasteiger partial charge >= 0.3 is 0 Å². The minimum atomic E-state index is -0.363. The minimum Gasteiger partial charge on any atom is -0.373 e. The number of rotatable bonds is 3. The van der Waals surface area contributed by atoms with Gasteiger partial charge in [0.15, 0.2) is 0 Å². The summed E-state index contributed by atoms with van der Waals surface area (Å²) in [7, 11) is 0. The van der Waals surface area contributed by atoms with Crippen molar-refractivity contribution in [2.75, 3.05) is 0 Å². The highest BCUT2D eigenvalue weighted by Gasteiger charge is 2.22. The molecule has 0 saturated carbocycles. The predicted molar refractivity (Wildman–Crippen MR) is 72.2 cm³/mol. The van der Waals surface area contributed by atoms with E-state index >= 15 is 0 Å². The van der Waals surface area contributed by atoms with E-state index in [1.807, 2.05) is 18.3 Å². The van der Waals surface area contributed by atoms with Crippen LogP contribution in [0.3, 0.4) is 0 Å². The fourth-order valence-corrected chi connectivity index (χ4v) is 2.70. The summed E-state index contributed by atoms with van der Waals surface area (Å²) in [5.41, 5.74) is 1.16. The normalized spacial score (nSPS) is 23.0. The van der Waals surface area contributed by atoms with Crippen LogP contribution < -0.4 is 0 Å². The Hall–Kier alpha value is -1.88. The number of ether oxygens (including phenoxy) is 1. The Bertz CT molecular complexity index is 620. The van der Waals surface area contributed by atoms with Crippen molar-refractivity contribution in [3.63, 3.8) is 0 Å². The lowest BCUT2D eigenvalue weighted by atomic mass is 10.2. The lowest BCUT2D eigenvalue weighted by Gasteiger charge is -2.13. The molecule has 2 heterocycles. The quantitative estimate of drug-likeness (QED) is 0.629. The van der Waals surface area contributed by atoms with Crippen LogP contribution in [-0.2, 0) is 11.3 Å².